The summed E-state index contributed by atoms with van der Waals surface area (Å²) in [6.07, 6.45) is 6.54. The highest BCUT2D eigenvalue weighted by molar-refractivity contribution is 5.44. The number of rotatable bonds is 4. The largest absolute Gasteiger partial charge is 0.493 e. The summed E-state index contributed by atoms with van der Waals surface area (Å²) in [6.45, 7) is 2.20. The van der Waals surface area contributed by atoms with Gasteiger partial charge in [0.15, 0.2) is 11.5 Å². The van der Waals surface area contributed by atoms with Gasteiger partial charge in [0.1, 0.15) is 0 Å². The molecule has 2 aliphatic rings. The number of nitrogens with one attached hydrogen (secondary N) is 1. The first-order valence-corrected chi connectivity index (χ1v) is 7.42. The molecule has 0 spiro atoms. The molecule has 1 saturated carbocycles. The monoisotopic (exact) mass is 261 g/mol. The number of hydrogen-bond acceptors (Lipinski definition) is 3. The summed E-state index contributed by atoms with van der Waals surface area (Å²) < 4.78 is 11.6. The van der Waals surface area contributed by atoms with Crippen molar-refractivity contribution in [1.29, 1.82) is 0 Å². The summed E-state index contributed by atoms with van der Waals surface area (Å²) in [7, 11) is 1.72. The van der Waals surface area contributed by atoms with Crippen LogP contribution < -0.4 is 14.8 Å². The molecule has 3 nitrogen and oxygen atoms in total. The number of ether oxygens (including phenoxy) is 2. The Morgan fingerprint density at radius 3 is 2.63 bits per heavy atom. The molecule has 2 fully saturated rings. The Balaban J connectivity index is 1.79. The number of benzene rings is 1. The van der Waals surface area contributed by atoms with Gasteiger partial charge in [-0.05, 0) is 62.3 Å². The average Bonchev–Trinajstić information content (AvgIpc) is 3.11. The zero-order chi connectivity index (χ0) is 13.1. The molecule has 1 atom stereocenters. The second-order valence-corrected chi connectivity index (χ2v) is 5.62. The summed E-state index contributed by atoms with van der Waals surface area (Å²) in [5.41, 5.74) is 1.37. The van der Waals surface area contributed by atoms with Crippen LogP contribution in [0.15, 0.2) is 18.2 Å². The van der Waals surface area contributed by atoms with Crippen LogP contribution in [0.5, 0.6) is 11.5 Å². The Hall–Kier alpha value is -1.22. The molecule has 3 rings (SSSR count). The Kier molecular flexibility index (Phi) is 3.92. The predicted octanol–water partition coefficient (Wildman–Crippen LogP) is 3.09. The number of methoxy groups -OCH3 is 1. The summed E-state index contributed by atoms with van der Waals surface area (Å²) in [4.78, 5) is 0. The van der Waals surface area contributed by atoms with Gasteiger partial charge in [0, 0.05) is 6.54 Å². The first kappa shape index (κ1) is 12.8. The molecule has 1 N–H and O–H groups in total. The van der Waals surface area contributed by atoms with Gasteiger partial charge in [-0.15, -0.1) is 0 Å². The van der Waals surface area contributed by atoms with Crippen LogP contribution in [0.25, 0.3) is 0 Å². The highest BCUT2D eigenvalue weighted by Gasteiger charge is 2.21. The second-order valence-electron chi connectivity index (χ2n) is 5.62. The van der Waals surface area contributed by atoms with E-state index in [1.54, 1.807) is 7.11 Å². The third-order valence-corrected chi connectivity index (χ3v) is 4.32. The minimum atomic E-state index is 0.380. The van der Waals surface area contributed by atoms with E-state index in [0.29, 0.717) is 12.0 Å². The standard InChI is InChI=1S/C16H23NO2/c1-18-15-7-6-12(13-8-9-17-11-13)10-16(15)19-14-4-2-3-5-14/h6-7,10,13-14,17H,2-5,8-9,11H2,1H3. The molecule has 104 valence electrons. The molecule has 1 heterocycles. The van der Waals surface area contributed by atoms with Crippen LogP contribution in [0.1, 0.15) is 43.6 Å². The van der Waals surface area contributed by atoms with Crippen molar-refractivity contribution in [3.63, 3.8) is 0 Å². The topological polar surface area (TPSA) is 30.5 Å². The molecule has 3 heteroatoms. The van der Waals surface area contributed by atoms with Crippen LogP contribution in [0.2, 0.25) is 0 Å². The third kappa shape index (κ3) is 2.86. The average molecular weight is 261 g/mol. The minimum absolute atomic E-state index is 0.380. The second kappa shape index (κ2) is 5.83. The maximum absolute atomic E-state index is 6.15. The van der Waals surface area contributed by atoms with Crippen LogP contribution in [-0.4, -0.2) is 26.3 Å². The van der Waals surface area contributed by atoms with E-state index in [1.165, 1.54) is 37.7 Å². The highest BCUT2D eigenvalue weighted by Crippen LogP contribution is 2.35. The quantitative estimate of drug-likeness (QED) is 0.903. The Morgan fingerprint density at radius 1 is 1.11 bits per heavy atom. The summed E-state index contributed by atoms with van der Waals surface area (Å²) in [5, 5.41) is 3.42. The van der Waals surface area contributed by atoms with Gasteiger partial charge in [0.25, 0.3) is 0 Å². The van der Waals surface area contributed by atoms with E-state index in [-0.39, 0.29) is 0 Å². The molecular weight excluding hydrogens is 238 g/mol. The summed E-state index contributed by atoms with van der Waals surface area (Å²) in [6, 6.07) is 6.42. The smallest absolute Gasteiger partial charge is 0.161 e. The Labute approximate surface area is 115 Å². The lowest BCUT2D eigenvalue weighted by Gasteiger charge is -2.18. The van der Waals surface area contributed by atoms with Crippen molar-refractivity contribution < 1.29 is 9.47 Å². The van der Waals surface area contributed by atoms with Crippen molar-refractivity contribution in [2.24, 2.45) is 0 Å². The van der Waals surface area contributed by atoms with Gasteiger partial charge in [-0.1, -0.05) is 6.07 Å². The molecule has 0 amide bonds. The Bertz CT molecular complexity index is 421. The summed E-state index contributed by atoms with van der Waals surface area (Å²) in [5.74, 6) is 2.41. The predicted molar refractivity (Wildman–Crippen MR) is 76.1 cm³/mol. The molecule has 1 aliphatic heterocycles. The minimum Gasteiger partial charge on any atom is -0.493 e. The lowest BCUT2D eigenvalue weighted by molar-refractivity contribution is 0.200. The van der Waals surface area contributed by atoms with Crippen LogP contribution in [0, 0.1) is 0 Å². The van der Waals surface area contributed by atoms with E-state index < -0.39 is 0 Å². The van der Waals surface area contributed by atoms with Gasteiger partial charge in [0.05, 0.1) is 13.2 Å². The van der Waals surface area contributed by atoms with E-state index >= 15 is 0 Å². The summed E-state index contributed by atoms with van der Waals surface area (Å²) >= 11 is 0. The molecule has 0 aromatic heterocycles. The normalized spacial score (nSPS) is 23.7. The fourth-order valence-corrected chi connectivity index (χ4v) is 3.16. The zero-order valence-corrected chi connectivity index (χ0v) is 11.7. The number of hydrogen-bond donors (Lipinski definition) is 1. The molecule has 1 saturated heterocycles. The van der Waals surface area contributed by atoms with Crippen molar-refractivity contribution >= 4 is 0 Å². The van der Waals surface area contributed by atoms with Crippen molar-refractivity contribution in [3.8, 4) is 11.5 Å². The van der Waals surface area contributed by atoms with Crippen LogP contribution in [-0.2, 0) is 0 Å². The van der Waals surface area contributed by atoms with Crippen molar-refractivity contribution in [2.75, 3.05) is 20.2 Å². The van der Waals surface area contributed by atoms with E-state index in [9.17, 15) is 0 Å². The maximum Gasteiger partial charge on any atom is 0.161 e. The van der Waals surface area contributed by atoms with Crippen molar-refractivity contribution in [3.05, 3.63) is 23.8 Å². The molecule has 1 aliphatic carbocycles. The molecule has 19 heavy (non-hydrogen) atoms. The van der Waals surface area contributed by atoms with Gasteiger partial charge in [0.2, 0.25) is 0 Å². The van der Waals surface area contributed by atoms with Crippen LogP contribution >= 0.6 is 0 Å². The Morgan fingerprint density at radius 2 is 1.95 bits per heavy atom. The van der Waals surface area contributed by atoms with Gasteiger partial charge in [-0.25, -0.2) is 0 Å². The van der Waals surface area contributed by atoms with E-state index in [2.05, 4.69) is 23.5 Å². The fourth-order valence-electron chi connectivity index (χ4n) is 3.16. The van der Waals surface area contributed by atoms with Crippen molar-refractivity contribution in [1.82, 2.24) is 5.32 Å². The van der Waals surface area contributed by atoms with Gasteiger partial charge in [-0.2, -0.15) is 0 Å². The van der Waals surface area contributed by atoms with Crippen LogP contribution in [0.3, 0.4) is 0 Å². The lowest BCUT2D eigenvalue weighted by Crippen LogP contribution is -2.12. The molecule has 1 aromatic carbocycles. The van der Waals surface area contributed by atoms with Gasteiger partial charge >= 0.3 is 0 Å². The van der Waals surface area contributed by atoms with E-state index in [0.717, 1.165) is 24.6 Å². The third-order valence-electron chi connectivity index (χ3n) is 4.32. The molecule has 1 unspecified atom stereocenters. The van der Waals surface area contributed by atoms with Gasteiger partial charge < -0.3 is 14.8 Å². The molecular formula is C16H23NO2. The van der Waals surface area contributed by atoms with Crippen molar-refractivity contribution in [2.45, 2.75) is 44.1 Å². The first-order valence-electron chi connectivity index (χ1n) is 7.42. The molecule has 1 aromatic rings. The molecule has 0 bridgehead atoms. The zero-order valence-electron chi connectivity index (χ0n) is 11.7. The molecule has 0 radical (unpaired) electrons. The van der Waals surface area contributed by atoms with Crippen LogP contribution in [0.4, 0.5) is 0 Å². The highest BCUT2D eigenvalue weighted by atomic mass is 16.5. The first-order chi connectivity index (χ1) is 9.36. The van der Waals surface area contributed by atoms with Gasteiger partial charge in [-0.3, -0.25) is 0 Å². The fraction of sp³-hybridized carbons (Fsp3) is 0.625. The maximum atomic E-state index is 6.15. The lowest BCUT2D eigenvalue weighted by atomic mass is 9.98. The van der Waals surface area contributed by atoms with E-state index in [1.807, 2.05) is 0 Å². The SMILES string of the molecule is COc1ccc(C2CCNC2)cc1OC1CCCC1. The van der Waals surface area contributed by atoms with E-state index in [4.69, 9.17) is 9.47 Å².